The maximum atomic E-state index is 12.7. The lowest BCUT2D eigenvalue weighted by molar-refractivity contribution is -0.385. The van der Waals surface area contributed by atoms with Gasteiger partial charge in [0.2, 0.25) is 0 Å². The predicted octanol–water partition coefficient (Wildman–Crippen LogP) is 4.17. The Morgan fingerprint density at radius 3 is 2.54 bits per heavy atom. The second-order valence-electron chi connectivity index (χ2n) is 5.51. The molecule has 0 saturated heterocycles. The minimum atomic E-state index is -4.57. The topological polar surface area (TPSA) is 102 Å². The zero-order valence-corrected chi connectivity index (χ0v) is 14.9. The van der Waals surface area contributed by atoms with E-state index in [0.717, 1.165) is 24.3 Å². The number of carbonyl (C=O) groups excluding carboxylic acids is 1. The third-order valence-corrected chi connectivity index (χ3v) is 3.81. The number of amides is 1. The van der Waals surface area contributed by atoms with Crippen molar-refractivity contribution >= 4 is 23.2 Å². The second kappa shape index (κ2) is 8.89. The SMILES string of the molecule is O=C(NCCCO)c1cc(Oc2ccc(C(F)(F)F)cc2Cl)ccc1[N+](=O)[O-]. The van der Waals surface area contributed by atoms with Crippen LogP contribution in [0.4, 0.5) is 18.9 Å². The molecule has 0 radical (unpaired) electrons. The van der Waals surface area contributed by atoms with Gasteiger partial charge in [-0.15, -0.1) is 0 Å². The van der Waals surface area contributed by atoms with Gasteiger partial charge in [-0.2, -0.15) is 13.2 Å². The number of hydrogen-bond acceptors (Lipinski definition) is 5. The summed E-state index contributed by atoms with van der Waals surface area (Å²) in [6, 6.07) is 5.78. The Morgan fingerprint density at radius 1 is 1.25 bits per heavy atom. The van der Waals surface area contributed by atoms with Crippen LogP contribution in [0.1, 0.15) is 22.3 Å². The van der Waals surface area contributed by atoms with Crippen LogP contribution in [0.25, 0.3) is 0 Å². The number of ether oxygens (including phenoxy) is 1. The van der Waals surface area contributed by atoms with Gasteiger partial charge in [-0.3, -0.25) is 14.9 Å². The second-order valence-corrected chi connectivity index (χ2v) is 5.92. The number of alkyl halides is 3. The van der Waals surface area contributed by atoms with Gasteiger partial charge in [-0.1, -0.05) is 11.6 Å². The molecule has 7 nitrogen and oxygen atoms in total. The van der Waals surface area contributed by atoms with E-state index in [0.29, 0.717) is 6.07 Å². The van der Waals surface area contributed by atoms with Crippen molar-refractivity contribution in [3.63, 3.8) is 0 Å². The van der Waals surface area contributed by atoms with Gasteiger partial charge in [0.05, 0.1) is 15.5 Å². The van der Waals surface area contributed by atoms with E-state index in [-0.39, 0.29) is 41.7 Å². The maximum absolute atomic E-state index is 12.7. The number of carbonyl (C=O) groups is 1. The largest absolute Gasteiger partial charge is 0.456 e. The third-order valence-electron chi connectivity index (χ3n) is 3.52. The Kier molecular flexibility index (Phi) is 6.81. The summed E-state index contributed by atoms with van der Waals surface area (Å²) in [4.78, 5) is 22.5. The van der Waals surface area contributed by atoms with Crippen LogP contribution in [0.5, 0.6) is 11.5 Å². The number of nitrogens with zero attached hydrogens (tertiary/aromatic N) is 1. The van der Waals surface area contributed by atoms with E-state index in [4.69, 9.17) is 21.4 Å². The van der Waals surface area contributed by atoms with Gasteiger partial charge < -0.3 is 15.2 Å². The molecular weight excluding hydrogens is 405 g/mol. The van der Waals surface area contributed by atoms with Crippen molar-refractivity contribution in [1.29, 1.82) is 0 Å². The van der Waals surface area contributed by atoms with Crippen molar-refractivity contribution in [3.05, 3.63) is 62.7 Å². The van der Waals surface area contributed by atoms with Gasteiger partial charge in [0.25, 0.3) is 11.6 Å². The van der Waals surface area contributed by atoms with Gasteiger partial charge >= 0.3 is 6.18 Å². The number of halogens is 4. The van der Waals surface area contributed by atoms with E-state index in [2.05, 4.69) is 5.32 Å². The fourth-order valence-corrected chi connectivity index (χ4v) is 2.40. The molecule has 150 valence electrons. The predicted molar refractivity (Wildman–Crippen MR) is 93.7 cm³/mol. The lowest BCUT2D eigenvalue weighted by atomic mass is 10.1. The van der Waals surface area contributed by atoms with E-state index in [1.165, 1.54) is 6.07 Å². The van der Waals surface area contributed by atoms with Gasteiger partial charge in [0, 0.05) is 25.3 Å². The Bertz CT molecular complexity index is 890. The minimum Gasteiger partial charge on any atom is -0.456 e. The van der Waals surface area contributed by atoms with Crippen LogP contribution in [0.15, 0.2) is 36.4 Å². The van der Waals surface area contributed by atoms with Crippen molar-refractivity contribution in [2.75, 3.05) is 13.2 Å². The highest BCUT2D eigenvalue weighted by Crippen LogP contribution is 2.37. The number of rotatable bonds is 7. The fourth-order valence-electron chi connectivity index (χ4n) is 2.18. The van der Waals surface area contributed by atoms with Crippen LogP contribution in [-0.4, -0.2) is 29.1 Å². The molecule has 0 fully saturated rings. The quantitative estimate of drug-likeness (QED) is 0.399. The summed E-state index contributed by atoms with van der Waals surface area (Å²) in [7, 11) is 0. The van der Waals surface area contributed by atoms with E-state index in [1.54, 1.807) is 0 Å². The normalized spacial score (nSPS) is 11.2. The van der Waals surface area contributed by atoms with E-state index >= 15 is 0 Å². The molecule has 0 saturated carbocycles. The molecule has 11 heteroatoms. The highest BCUT2D eigenvalue weighted by atomic mass is 35.5. The Hall–Kier alpha value is -2.85. The fraction of sp³-hybridized carbons (Fsp3) is 0.235. The zero-order valence-electron chi connectivity index (χ0n) is 14.1. The molecule has 2 aromatic rings. The van der Waals surface area contributed by atoms with Gasteiger partial charge in [-0.25, -0.2) is 0 Å². The Morgan fingerprint density at radius 2 is 1.96 bits per heavy atom. The van der Waals surface area contributed by atoms with Crippen LogP contribution < -0.4 is 10.1 Å². The summed E-state index contributed by atoms with van der Waals surface area (Å²) < 4.78 is 43.5. The van der Waals surface area contributed by atoms with Crippen molar-refractivity contribution in [2.24, 2.45) is 0 Å². The maximum Gasteiger partial charge on any atom is 0.416 e. The number of nitro groups is 1. The molecule has 2 N–H and O–H groups in total. The average Bonchev–Trinajstić information content (AvgIpc) is 2.62. The number of hydrogen-bond donors (Lipinski definition) is 2. The number of benzene rings is 2. The summed E-state index contributed by atoms with van der Waals surface area (Å²) >= 11 is 5.82. The Balaban J connectivity index is 2.30. The molecule has 0 aliphatic rings. The molecule has 0 aliphatic carbocycles. The molecule has 0 unspecified atom stereocenters. The smallest absolute Gasteiger partial charge is 0.416 e. The average molecular weight is 419 g/mol. The highest BCUT2D eigenvalue weighted by Gasteiger charge is 2.31. The first kappa shape index (κ1) is 21.5. The van der Waals surface area contributed by atoms with E-state index in [1.807, 2.05) is 0 Å². The summed E-state index contributed by atoms with van der Waals surface area (Å²) in [5.74, 6) is -0.904. The van der Waals surface area contributed by atoms with Crippen molar-refractivity contribution in [1.82, 2.24) is 5.32 Å². The van der Waals surface area contributed by atoms with Crippen LogP contribution >= 0.6 is 11.6 Å². The molecule has 0 atom stereocenters. The van der Waals surface area contributed by atoms with Crippen LogP contribution in [-0.2, 0) is 6.18 Å². The molecule has 1 amide bonds. The molecule has 0 aromatic heterocycles. The van der Waals surface area contributed by atoms with Crippen molar-refractivity contribution in [2.45, 2.75) is 12.6 Å². The van der Waals surface area contributed by atoms with Gasteiger partial charge in [0.15, 0.2) is 0 Å². The first-order valence-electron chi connectivity index (χ1n) is 7.85. The number of aliphatic hydroxyl groups is 1. The van der Waals surface area contributed by atoms with E-state index in [9.17, 15) is 28.1 Å². The summed E-state index contributed by atoms with van der Waals surface area (Å²) in [6.45, 7) is -0.0692. The number of aliphatic hydroxyl groups excluding tert-OH is 1. The summed E-state index contributed by atoms with van der Waals surface area (Å²) in [5, 5.41) is 22.0. The molecule has 2 aromatic carbocycles. The summed E-state index contributed by atoms with van der Waals surface area (Å²) in [6.07, 6.45) is -4.31. The molecule has 28 heavy (non-hydrogen) atoms. The summed E-state index contributed by atoms with van der Waals surface area (Å²) in [5.41, 5.74) is -1.74. The van der Waals surface area contributed by atoms with Crippen LogP contribution in [0.3, 0.4) is 0 Å². The number of nitro benzene ring substituents is 1. The molecule has 0 bridgehead atoms. The van der Waals surface area contributed by atoms with Crippen molar-refractivity contribution < 1.29 is 32.7 Å². The van der Waals surface area contributed by atoms with Crippen LogP contribution in [0, 0.1) is 10.1 Å². The molecule has 0 heterocycles. The zero-order chi connectivity index (χ0) is 20.9. The van der Waals surface area contributed by atoms with Gasteiger partial charge in [0.1, 0.15) is 17.1 Å². The first-order valence-corrected chi connectivity index (χ1v) is 8.23. The van der Waals surface area contributed by atoms with E-state index < -0.39 is 28.3 Å². The van der Waals surface area contributed by atoms with Crippen LogP contribution in [0.2, 0.25) is 5.02 Å². The molecular formula is C17H14ClF3N2O5. The minimum absolute atomic E-state index is 0.0282. The highest BCUT2D eigenvalue weighted by molar-refractivity contribution is 6.32. The first-order chi connectivity index (χ1) is 13.1. The van der Waals surface area contributed by atoms with Crippen molar-refractivity contribution in [3.8, 4) is 11.5 Å². The monoisotopic (exact) mass is 418 g/mol. The lowest BCUT2D eigenvalue weighted by Gasteiger charge is -2.12. The standard InChI is InChI=1S/C17H14ClF3N2O5/c18-13-8-10(17(19,20)21)2-5-15(13)28-11-3-4-14(23(26)27)12(9-11)16(25)22-6-1-7-24/h2-5,8-9,24H,1,6-7H2,(H,22,25). The third kappa shape index (κ3) is 5.33. The van der Waals surface area contributed by atoms with Gasteiger partial charge in [-0.05, 0) is 30.7 Å². The molecule has 0 aliphatic heterocycles. The Labute approximate surface area is 161 Å². The lowest BCUT2D eigenvalue weighted by Crippen LogP contribution is -2.25. The number of nitrogens with one attached hydrogen (secondary N) is 1. The molecule has 0 spiro atoms. The molecule has 2 rings (SSSR count).